The molecule has 0 radical (unpaired) electrons. The smallest absolute Gasteiger partial charge is 0.375 e. The number of Topliss-reactive ketones (excluding diaryl/α,β-unsaturated/α-hetero) is 1. The molecule has 4 aromatic rings. The number of ketones is 1. The molecule has 2 aromatic carbocycles. The summed E-state index contributed by atoms with van der Waals surface area (Å²) in [5.74, 6) is 0.354. The second-order valence-corrected chi connectivity index (χ2v) is 7.08. The Morgan fingerprint density at radius 1 is 1.03 bits per heavy atom. The van der Waals surface area contributed by atoms with Gasteiger partial charge in [0.2, 0.25) is 5.78 Å². The average molecular weight is 415 g/mol. The van der Waals surface area contributed by atoms with Crippen LogP contribution in [0, 0.1) is 0 Å². The molecule has 9 heteroatoms. The van der Waals surface area contributed by atoms with Crippen LogP contribution in [0.1, 0.15) is 6.42 Å². The van der Waals surface area contributed by atoms with E-state index in [4.69, 9.17) is 15.2 Å². The monoisotopic (exact) mass is 415 g/mol. The number of anilines is 1. The number of fused-ring (bicyclic) bond motifs is 1. The van der Waals surface area contributed by atoms with E-state index in [0.717, 1.165) is 11.3 Å². The average Bonchev–Trinajstić information content (AvgIpc) is 3.30. The minimum absolute atomic E-state index is 0.0155. The van der Waals surface area contributed by atoms with Gasteiger partial charge in [0.25, 0.3) is 0 Å². The Kier molecular flexibility index (Phi) is 4.55. The van der Waals surface area contributed by atoms with Gasteiger partial charge in [0.15, 0.2) is 5.65 Å². The first-order chi connectivity index (χ1) is 15.1. The normalized spacial score (nSPS) is 15.9. The van der Waals surface area contributed by atoms with Crippen molar-refractivity contribution in [2.75, 3.05) is 5.73 Å². The first-order valence-electron chi connectivity index (χ1n) is 9.62. The summed E-state index contributed by atoms with van der Waals surface area (Å²) in [7, 11) is 0. The number of hydrogen-bond donors (Lipinski definition) is 1. The first kappa shape index (κ1) is 18.7. The van der Waals surface area contributed by atoms with E-state index >= 15 is 0 Å². The molecule has 0 amide bonds. The summed E-state index contributed by atoms with van der Waals surface area (Å²) in [5, 5.41) is 5.23. The third-order valence-electron chi connectivity index (χ3n) is 4.96. The van der Waals surface area contributed by atoms with E-state index in [2.05, 4.69) is 15.1 Å². The van der Waals surface area contributed by atoms with Crippen LogP contribution < -0.4 is 10.5 Å². The minimum Gasteiger partial charge on any atom is -0.457 e. The van der Waals surface area contributed by atoms with Gasteiger partial charge >= 0.3 is 5.97 Å². The number of benzene rings is 2. The predicted octanol–water partition coefficient (Wildman–Crippen LogP) is 2.75. The number of ether oxygens (including phenoxy) is 2. The molecule has 2 aromatic heterocycles. The molecule has 2 N–H and O–H groups in total. The van der Waals surface area contributed by atoms with Crippen LogP contribution in [0.2, 0.25) is 0 Å². The summed E-state index contributed by atoms with van der Waals surface area (Å²) >= 11 is 0. The molecule has 31 heavy (non-hydrogen) atoms. The predicted molar refractivity (Wildman–Crippen MR) is 111 cm³/mol. The van der Waals surface area contributed by atoms with Gasteiger partial charge in [-0.25, -0.2) is 19.4 Å². The Morgan fingerprint density at radius 3 is 2.48 bits per heavy atom. The number of hydrogen-bond acceptors (Lipinski definition) is 8. The van der Waals surface area contributed by atoms with E-state index in [0.29, 0.717) is 22.5 Å². The Balaban J connectivity index is 1.48. The largest absolute Gasteiger partial charge is 0.457 e. The molecule has 0 aliphatic carbocycles. The molecule has 0 spiro atoms. The number of carbonyl (C=O) groups is 2. The van der Waals surface area contributed by atoms with Crippen molar-refractivity contribution in [2.24, 2.45) is 0 Å². The number of esters is 1. The van der Waals surface area contributed by atoms with Crippen molar-refractivity contribution in [1.82, 2.24) is 19.7 Å². The number of cyclic esters (lactones) is 1. The zero-order valence-corrected chi connectivity index (χ0v) is 16.3. The molecular formula is C22H17N5O4. The van der Waals surface area contributed by atoms with Gasteiger partial charge < -0.3 is 15.2 Å². The topological polar surface area (TPSA) is 122 Å². The highest BCUT2D eigenvalue weighted by atomic mass is 16.6. The second kappa shape index (κ2) is 7.52. The Labute approximate surface area is 176 Å². The summed E-state index contributed by atoms with van der Waals surface area (Å²) in [5.41, 5.74) is 8.01. The van der Waals surface area contributed by atoms with Gasteiger partial charge in [0.05, 0.1) is 18.4 Å². The summed E-state index contributed by atoms with van der Waals surface area (Å²) in [4.78, 5) is 31.3. The number of para-hydroxylation sites is 1. The van der Waals surface area contributed by atoms with E-state index in [-0.39, 0.29) is 18.8 Å². The maximum absolute atomic E-state index is 11.5. The molecule has 5 rings (SSSR count). The van der Waals surface area contributed by atoms with Gasteiger partial charge in [-0.15, -0.1) is 0 Å². The van der Waals surface area contributed by atoms with Gasteiger partial charge in [-0.05, 0) is 36.4 Å². The third-order valence-corrected chi connectivity index (χ3v) is 4.96. The van der Waals surface area contributed by atoms with Crippen LogP contribution in [-0.4, -0.2) is 37.6 Å². The lowest BCUT2D eigenvalue weighted by Gasteiger charge is -2.08. The van der Waals surface area contributed by atoms with E-state index in [9.17, 15) is 9.59 Å². The highest BCUT2D eigenvalue weighted by Crippen LogP contribution is 2.32. The zero-order chi connectivity index (χ0) is 21.4. The summed E-state index contributed by atoms with van der Waals surface area (Å²) in [6, 6.07) is 16.9. The van der Waals surface area contributed by atoms with Crippen LogP contribution in [-0.2, 0) is 20.9 Å². The van der Waals surface area contributed by atoms with Crippen molar-refractivity contribution in [3.63, 3.8) is 0 Å². The minimum atomic E-state index is -0.815. The number of nitrogen functional groups attached to an aromatic ring is 1. The van der Waals surface area contributed by atoms with Gasteiger partial charge in [-0.3, -0.25) is 4.79 Å². The fourth-order valence-corrected chi connectivity index (χ4v) is 3.51. The van der Waals surface area contributed by atoms with Crippen LogP contribution >= 0.6 is 0 Å². The molecule has 1 fully saturated rings. The number of nitrogens with two attached hydrogens (primary N) is 1. The summed E-state index contributed by atoms with van der Waals surface area (Å²) in [6.07, 6.45) is 0.776. The fourth-order valence-electron chi connectivity index (χ4n) is 3.51. The number of aromatic nitrogens is 4. The molecule has 1 saturated heterocycles. The van der Waals surface area contributed by atoms with Crippen molar-refractivity contribution in [2.45, 2.75) is 19.1 Å². The fraction of sp³-hybridized carbons (Fsp3) is 0.136. The Morgan fingerprint density at radius 2 is 1.77 bits per heavy atom. The molecule has 1 aliphatic heterocycles. The lowest BCUT2D eigenvalue weighted by Crippen LogP contribution is -2.17. The Bertz CT molecular complexity index is 1270. The number of nitrogens with zero attached hydrogens (tertiary/aromatic N) is 4. The van der Waals surface area contributed by atoms with Crippen LogP contribution in [0.3, 0.4) is 0 Å². The lowest BCUT2D eigenvalue weighted by atomic mass is 10.1. The summed E-state index contributed by atoms with van der Waals surface area (Å²) in [6.45, 7) is 0.194. The molecule has 1 atom stereocenters. The molecule has 0 saturated carbocycles. The van der Waals surface area contributed by atoms with E-state index in [1.807, 2.05) is 54.6 Å². The van der Waals surface area contributed by atoms with Crippen molar-refractivity contribution >= 4 is 28.6 Å². The maximum Gasteiger partial charge on any atom is 0.375 e. The SMILES string of the molecule is Nc1ncnc2c1c(-c1ccc(Oc3ccccc3)cc1)nn2CC1CC(=O)C(=O)O1. The standard InChI is InChI=1S/C22H17N5O4/c23-20-18-19(13-6-8-15(9-7-13)30-14-4-2-1-3-5-14)26-27(21(18)25-12-24-20)11-16-10-17(28)22(29)31-16/h1-9,12,16H,10-11H2,(H2,23,24,25). The van der Waals surface area contributed by atoms with Crippen LogP contribution in [0.4, 0.5) is 5.82 Å². The van der Waals surface area contributed by atoms with Crippen molar-refractivity contribution in [3.05, 3.63) is 60.9 Å². The molecule has 3 heterocycles. The molecule has 9 nitrogen and oxygen atoms in total. The number of rotatable bonds is 5. The Hall–Kier alpha value is -4.27. The molecule has 1 unspecified atom stereocenters. The van der Waals surface area contributed by atoms with Crippen LogP contribution in [0.25, 0.3) is 22.3 Å². The molecular weight excluding hydrogens is 398 g/mol. The van der Waals surface area contributed by atoms with Gasteiger partial charge in [-0.2, -0.15) is 5.10 Å². The highest BCUT2D eigenvalue weighted by molar-refractivity contribution is 6.35. The summed E-state index contributed by atoms with van der Waals surface area (Å²) < 4.78 is 12.5. The van der Waals surface area contributed by atoms with Gasteiger partial charge in [0.1, 0.15) is 35.4 Å². The van der Waals surface area contributed by atoms with Crippen LogP contribution in [0.5, 0.6) is 11.5 Å². The number of carbonyl (C=O) groups excluding carboxylic acids is 2. The third kappa shape index (κ3) is 3.57. The van der Waals surface area contributed by atoms with Crippen molar-refractivity contribution in [3.8, 4) is 22.8 Å². The van der Waals surface area contributed by atoms with Crippen molar-refractivity contribution in [1.29, 1.82) is 0 Å². The molecule has 154 valence electrons. The zero-order valence-electron chi connectivity index (χ0n) is 16.3. The lowest BCUT2D eigenvalue weighted by molar-refractivity contribution is -0.149. The van der Waals surface area contributed by atoms with Crippen LogP contribution in [0.15, 0.2) is 60.9 Å². The molecule has 1 aliphatic rings. The van der Waals surface area contributed by atoms with Gasteiger partial charge in [0, 0.05) is 5.56 Å². The van der Waals surface area contributed by atoms with E-state index in [1.54, 1.807) is 4.68 Å². The van der Waals surface area contributed by atoms with E-state index < -0.39 is 17.9 Å². The second-order valence-electron chi connectivity index (χ2n) is 7.08. The van der Waals surface area contributed by atoms with Gasteiger partial charge in [-0.1, -0.05) is 18.2 Å². The maximum atomic E-state index is 11.5. The van der Waals surface area contributed by atoms with Crippen molar-refractivity contribution < 1.29 is 19.1 Å². The van der Waals surface area contributed by atoms with E-state index in [1.165, 1.54) is 6.33 Å². The first-order valence-corrected chi connectivity index (χ1v) is 9.62. The quantitative estimate of drug-likeness (QED) is 0.390. The highest BCUT2D eigenvalue weighted by Gasteiger charge is 2.33. The molecule has 0 bridgehead atoms.